The molecular weight excluding hydrogens is 252 g/mol. The summed E-state index contributed by atoms with van der Waals surface area (Å²) in [6.45, 7) is 4.17. The second-order valence-corrected chi connectivity index (χ2v) is 5.53. The fourth-order valence-electron chi connectivity index (χ4n) is 2.87. The van der Waals surface area contributed by atoms with Crippen LogP contribution >= 0.6 is 0 Å². The summed E-state index contributed by atoms with van der Waals surface area (Å²) in [5, 5.41) is 0.972. The number of anilines is 1. The number of rotatable bonds is 2. The fraction of sp³-hybridized carbons (Fsp3) is 0.438. The van der Waals surface area contributed by atoms with Crippen molar-refractivity contribution in [3.05, 3.63) is 30.5 Å². The predicted octanol–water partition coefficient (Wildman–Crippen LogP) is 3.15. The molecule has 2 heterocycles. The zero-order valence-electron chi connectivity index (χ0n) is 11.9. The lowest BCUT2D eigenvalue weighted by Crippen LogP contribution is -2.35. The van der Waals surface area contributed by atoms with E-state index in [4.69, 9.17) is 15.2 Å². The van der Waals surface area contributed by atoms with Gasteiger partial charge in [-0.3, -0.25) is 4.98 Å². The van der Waals surface area contributed by atoms with E-state index in [9.17, 15) is 0 Å². The van der Waals surface area contributed by atoms with E-state index in [1.54, 1.807) is 6.20 Å². The highest BCUT2D eigenvalue weighted by Gasteiger charge is 2.26. The van der Waals surface area contributed by atoms with E-state index in [0.717, 1.165) is 29.5 Å². The Morgan fingerprint density at radius 2 is 1.90 bits per heavy atom. The molecule has 0 bridgehead atoms. The maximum atomic E-state index is 6.20. The number of nitrogen functional groups attached to an aromatic ring is 1. The topological polar surface area (TPSA) is 57.4 Å². The molecule has 1 saturated heterocycles. The van der Waals surface area contributed by atoms with Gasteiger partial charge in [-0.25, -0.2) is 0 Å². The molecule has 106 valence electrons. The normalized spacial score (nSPS) is 26.6. The Morgan fingerprint density at radius 3 is 2.65 bits per heavy atom. The average molecular weight is 272 g/mol. The van der Waals surface area contributed by atoms with Crippen LogP contribution < -0.4 is 10.5 Å². The molecular formula is C16H20N2O2. The van der Waals surface area contributed by atoms with E-state index >= 15 is 0 Å². The van der Waals surface area contributed by atoms with Crippen LogP contribution in [0.1, 0.15) is 26.7 Å². The summed E-state index contributed by atoms with van der Waals surface area (Å²) in [7, 11) is 0. The molecule has 4 nitrogen and oxygen atoms in total. The summed E-state index contributed by atoms with van der Waals surface area (Å²) in [5.41, 5.74) is 7.55. The highest BCUT2D eigenvalue weighted by atomic mass is 16.5. The van der Waals surface area contributed by atoms with Crippen LogP contribution in [0.25, 0.3) is 10.9 Å². The zero-order valence-corrected chi connectivity index (χ0v) is 11.9. The maximum Gasteiger partial charge on any atom is 0.153 e. The van der Waals surface area contributed by atoms with Crippen LogP contribution in [-0.2, 0) is 4.74 Å². The first kappa shape index (κ1) is 13.2. The van der Waals surface area contributed by atoms with Crippen LogP contribution in [0.2, 0.25) is 0 Å². The number of fused-ring (bicyclic) bond motifs is 1. The Kier molecular flexibility index (Phi) is 3.49. The Morgan fingerprint density at radius 1 is 1.20 bits per heavy atom. The maximum absolute atomic E-state index is 6.20. The van der Waals surface area contributed by atoms with Gasteiger partial charge in [0.15, 0.2) is 5.75 Å². The third-order valence-corrected chi connectivity index (χ3v) is 3.69. The number of nitrogens with two attached hydrogens (primary N) is 1. The van der Waals surface area contributed by atoms with Gasteiger partial charge in [-0.05, 0) is 26.0 Å². The van der Waals surface area contributed by atoms with Crippen molar-refractivity contribution in [2.24, 2.45) is 0 Å². The lowest BCUT2D eigenvalue weighted by molar-refractivity contribution is -0.0717. The fourth-order valence-corrected chi connectivity index (χ4v) is 2.87. The minimum Gasteiger partial charge on any atom is -0.487 e. The number of nitrogens with zero attached hydrogens (tertiary/aromatic N) is 1. The van der Waals surface area contributed by atoms with E-state index < -0.39 is 0 Å². The number of benzene rings is 1. The number of para-hydroxylation sites is 1. The van der Waals surface area contributed by atoms with Crippen LogP contribution in [0.5, 0.6) is 5.75 Å². The molecule has 0 amide bonds. The summed E-state index contributed by atoms with van der Waals surface area (Å²) in [4.78, 5) is 4.33. The third kappa shape index (κ3) is 2.56. The minimum absolute atomic E-state index is 0.141. The van der Waals surface area contributed by atoms with E-state index in [1.807, 2.05) is 24.3 Å². The molecule has 0 saturated carbocycles. The van der Waals surface area contributed by atoms with Crippen LogP contribution in [0.3, 0.4) is 0 Å². The molecule has 1 aliphatic rings. The minimum atomic E-state index is 0.141. The largest absolute Gasteiger partial charge is 0.487 e. The zero-order chi connectivity index (χ0) is 14.1. The standard InChI is InChI=1S/C16H20N2O2/c1-10-7-12(8-11(2)19-10)20-16-13-5-3-4-6-15(13)18-9-14(16)17/h3-6,9-12H,7-8,17H2,1-2H3. The van der Waals surface area contributed by atoms with Gasteiger partial charge < -0.3 is 15.2 Å². The number of aromatic nitrogens is 1. The van der Waals surface area contributed by atoms with Crippen LogP contribution in [0.4, 0.5) is 5.69 Å². The lowest BCUT2D eigenvalue weighted by Gasteiger charge is -2.32. The summed E-state index contributed by atoms with van der Waals surface area (Å²) in [5.74, 6) is 0.752. The van der Waals surface area contributed by atoms with Crippen molar-refractivity contribution in [1.82, 2.24) is 4.98 Å². The van der Waals surface area contributed by atoms with Crippen molar-refractivity contribution >= 4 is 16.6 Å². The molecule has 0 spiro atoms. The molecule has 1 fully saturated rings. The predicted molar refractivity (Wildman–Crippen MR) is 79.8 cm³/mol. The van der Waals surface area contributed by atoms with Crippen LogP contribution in [-0.4, -0.2) is 23.3 Å². The molecule has 0 radical (unpaired) electrons. The summed E-state index contributed by atoms with van der Waals surface area (Å²) < 4.78 is 11.9. The van der Waals surface area contributed by atoms with Crippen LogP contribution in [0, 0.1) is 0 Å². The number of hydrogen-bond acceptors (Lipinski definition) is 4. The first-order chi connectivity index (χ1) is 9.63. The van der Waals surface area contributed by atoms with Crippen molar-refractivity contribution in [3.63, 3.8) is 0 Å². The van der Waals surface area contributed by atoms with Gasteiger partial charge in [0.2, 0.25) is 0 Å². The molecule has 2 aromatic rings. The van der Waals surface area contributed by atoms with Crippen molar-refractivity contribution in [2.45, 2.75) is 45.0 Å². The monoisotopic (exact) mass is 272 g/mol. The quantitative estimate of drug-likeness (QED) is 0.912. The molecule has 3 rings (SSSR count). The molecule has 2 N–H and O–H groups in total. The van der Waals surface area contributed by atoms with Gasteiger partial charge in [0.25, 0.3) is 0 Å². The Bertz CT molecular complexity index is 604. The van der Waals surface area contributed by atoms with Crippen molar-refractivity contribution in [2.75, 3.05) is 5.73 Å². The van der Waals surface area contributed by atoms with E-state index in [-0.39, 0.29) is 18.3 Å². The smallest absolute Gasteiger partial charge is 0.153 e. The summed E-state index contributed by atoms with van der Waals surface area (Å²) >= 11 is 0. The third-order valence-electron chi connectivity index (χ3n) is 3.69. The highest BCUT2D eigenvalue weighted by molar-refractivity contribution is 5.89. The molecule has 1 aromatic heterocycles. The first-order valence-electron chi connectivity index (χ1n) is 7.09. The summed E-state index contributed by atoms with van der Waals surface area (Å²) in [6, 6.07) is 7.91. The number of ether oxygens (including phenoxy) is 2. The molecule has 0 aliphatic carbocycles. The van der Waals surface area contributed by atoms with E-state index in [1.165, 1.54) is 0 Å². The van der Waals surface area contributed by atoms with E-state index in [0.29, 0.717) is 5.69 Å². The van der Waals surface area contributed by atoms with E-state index in [2.05, 4.69) is 18.8 Å². The molecule has 2 unspecified atom stereocenters. The first-order valence-corrected chi connectivity index (χ1v) is 7.09. The molecule has 1 aromatic carbocycles. The molecule has 4 heteroatoms. The summed E-state index contributed by atoms with van der Waals surface area (Å²) in [6.07, 6.45) is 4.03. The molecule has 1 aliphatic heterocycles. The number of hydrogen-bond donors (Lipinski definition) is 1. The van der Waals surface area contributed by atoms with Crippen molar-refractivity contribution in [3.8, 4) is 5.75 Å². The second kappa shape index (κ2) is 5.29. The van der Waals surface area contributed by atoms with Gasteiger partial charge in [-0.15, -0.1) is 0 Å². The van der Waals surface area contributed by atoms with Gasteiger partial charge in [0, 0.05) is 18.2 Å². The average Bonchev–Trinajstić information content (AvgIpc) is 2.41. The van der Waals surface area contributed by atoms with Crippen LogP contribution in [0.15, 0.2) is 30.5 Å². The Hall–Kier alpha value is -1.81. The van der Waals surface area contributed by atoms with Crippen molar-refractivity contribution in [1.29, 1.82) is 0 Å². The van der Waals surface area contributed by atoms with Crippen molar-refractivity contribution < 1.29 is 9.47 Å². The van der Waals surface area contributed by atoms with Gasteiger partial charge in [0.05, 0.1) is 29.6 Å². The number of pyridine rings is 1. The lowest BCUT2D eigenvalue weighted by atomic mass is 10.0. The van der Waals surface area contributed by atoms with Gasteiger partial charge in [0.1, 0.15) is 6.10 Å². The van der Waals surface area contributed by atoms with Gasteiger partial charge in [-0.1, -0.05) is 12.1 Å². The second-order valence-electron chi connectivity index (χ2n) is 5.53. The highest BCUT2D eigenvalue weighted by Crippen LogP contribution is 2.33. The Labute approximate surface area is 118 Å². The SMILES string of the molecule is CC1CC(Oc2c(N)cnc3ccccc23)CC(C)O1. The molecule has 20 heavy (non-hydrogen) atoms. The van der Waals surface area contributed by atoms with Gasteiger partial charge >= 0.3 is 0 Å². The van der Waals surface area contributed by atoms with Gasteiger partial charge in [-0.2, -0.15) is 0 Å². The Balaban J connectivity index is 1.92. The molecule has 2 atom stereocenters.